The van der Waals surface area contributed by atoms with Crippen LogP contribution in [0.1, 0.15) is 17.4 Å². The number of nitrogens with zero attached hydrogens (tertiary/aromatic N) is 2. The van der Waals surface area contributed by atoms with Crippen molar-refractivity contribution in [1.82, 2.24) is 14.3 Å². The molecule has 2 aromatic heterocycles. The number of aromatic nitrogens is 2. The van der Waals surface area contributed by atoms with Crippen molar-refractivity contribution in [2.45, 2.75) is 24.0 Å². The zero-order chi connectivity index (χ0) is 21.4. The van der Waals surface area contributed by atoms with Crippen LogP contribution in [0.3, 0.4) is 0 Å². The summed E-state index contributed by atoms with van der Waals surface area (Å²) >= 11 is 5.88. The number of halogens is 6. The molecule has 0 aliphatic heterocycles. The number of anilines is 1. The minimum atomic E-state index is -4.85. The molecule has 1 amide bonds. The van der Waals surface area contributed by atoms with E-state index in [4.69, 9.17) is 11.6 Å². The van der Waals surface area contributed by atoms with Gasteiger partial charge in [-0.05, 0) is 13.0 Å². The van der Waals surface area contributed by atoms with Crippen LogP contribution in [0, 0.1) is 11.8 Å². The SMILES string of the molecule is C[C@@H](NS(=O)(=O)c1cn(C)c(C(=O)Nc2ccnc(F)c2F)c1Cl)C(F)(F)F. The molecule has 2 rings (SSSR count). The molecule has 2 aromatic rings. The second-order valence-corrected chi connectivity index (χ2v) is 7.63. The molecule has 2 N–H and O–H groups in total. The molecule has 154 valence electrons. The molecule has 0 saturated heterocycles. The van der Waals surface area contributed by atoms with E-state index in [2.05, 4.69) is 4.98 Å². The second kappa shape index (κ2) is 7.64. The average molecular weight is 447 g/mol. The van der Waals surface area contributed by atoms with Gasteiger partial charge >= 0.3 is 6.18 Å². The molecule has 0 aromatic carbocycles. The van der Waals surface area contributed by atoms with Gasteiger partial charge < -0.3 is 9.88 Å². The molecule has 28 heavy (non-hydrogen) atoms. The maximum Gasteiger partial charge on any atom is 0.404 e. The van der Waals surface area contributed by atoms with Gasteiger partial charge in [0.25, 0.3) is 11.9 Å². The van der Waals surface area contributed by atoms with E-state index in [0.29, 0.717) is 6.92 Å². The third-order valence-electron chi connectivity index (χ3n) is 3.51. The second-order valence-electron chi connectivity index (χ2n) is 5.57. The van der Waals surface area contributed by atoms with Crippen LogP contribution in [0.25, 0.3) is 0 Å². The summed E-state index contributed by atoms with van der Waals surface area (Å²) in [6.45, 7) is 0.586. The van der Waals surface area contributed by atoms with E-state index in [9.17, 15) is 35.2 Å². The van der Waals surface area contributed by atoms with E-state index in [1.165, 1.54) is 11.8 Å². The largest absolute Gasteiger partial charge is 0.404 e. The molecule has 7 nitrogen and oxygen atoms in total. The lowest BCUT2D eigenvalue weighted by atomic mass is 10.3. The topological polar surface area (TPSA) is 93.1 Å². The van der Waals surface area contributed by atoms with Crippen molar-refractivity contribution in [2.24, 2.45) is 7.05 Å². The van der Waals surface area contributed by atoms with Crippen LogP contribution in [-0.4, -0.2) is 36.1 Å². The lowest BCUT2D eigenvalue weighted by molar-refractivity contribution is -0.147. The monoisotopic (exact) mass is 446 g/mol. The van der Waals surface area contributed by atoms with Gasteiger partial charge in [-0.3, -0.25) is 4.79 Å². The van der Waals surface area contributed by atoms with Gasteiger partial charge in [0.1, 0.15) is 16.6 Å². The van der Waals surface area contributed by atoms with Crippen molar-refractivity contribution in [2.75, 3.05) is 5.32 Å². The molecule has 0 spiro atoms. The Kier molecular flexibility index (Phi) is 6.01. The first kappa shape index (κ1) is 22.0. The minimum Gasteiger partial charge on any atom is -0.344 e. The van der Waals surface area contributed by atoms with Gasteiger partial charge in [-0.15, -0.1) is 0 Å². The van der Waals surface area contributed by atoms with Gasteiger partial charge in [0, 0.05) is 19.4 Å². The first-order valence-electron chi connectivity index (χ1n) is 7.31. The first-order chi connectivity index (χ1) is 12.8. The Hall–Kier alpha value is -2.25. The smallest absolute Gasteiger partial charge is 0.344 e. The van der Waals surface area contributed by atoms with Gasteiger partial charge in [-0.25, -0.2) is 13.4 Å². The lowest BCUT2D eigenvalue weighted by Crippen LogP contribution is -2.42. The van der Waals surface area contributed by atoms with Crippen LogP contribution in [0.2, 0.25) is 5.02 Å². The Balaban J connectivity index is 2.38. The molecule has 1 atom stereocenters. The highest BCUT2D eigenvalue weighted by atomic mass is 35.5. The summed E-state index contributed by atoms with van der Waals surface area (Å²) in [5, 5.41) is 1.29. The van der Waals surface area contributed by atoms with Crippen LogP contribution in [0.4, 0.5) is 27.6 Å². The summed E-state index contributed by atoms with van der Waals surface area (Å²) in [7, 11) is -3.55. The summed E-state index contributed by atoms with van der Waals surface area (Å²) in [6.07, 6.45) is -3.16. The molecule has 2 heterocycles. The highest BCUT2D eigenvalue weighted by Crippen LogP contribution is 2.29. The fourth-order valence-corrected chi connectivity index (χ4v) is 4.00. The Bertz CT molecular complexity index is 1020. The normalized spacial score (nSPS) is 13.4. The fourth-order valence-electron chi connectivity index (χ4n) is 2.08. The van der Waals surface area contributed by atoms with Gasteiger partial charge in [0.05, 0.1) is 10.7 Å². The third-order valence-corrected chi connectivity index (χ3v) is 5.56. The maximum absolute atomic E-state index is 13.6. The van der Waals surface area contributed by atoms with Crippen molar-refractivity contribution in [1.29, 1.82) is 0 Å². The van der Waals surface area contributed by atoms with E-state index in [1.807, 2.05) is 5.32 Å². The van der Waals surface area contributed by atoms with Gasteiger partial charge in [0.15, 0.2) is 0 Å². The number of hydrogen-bond donors (Lipinski definition) is 2. The van der Waals surface area contributed by atoms with Crippen LogP contribution < -0.4 is 10.0 Å². The summed E-state index contributed by atoms with van der Waals surface area (Å²) in [4.78, 5) is 14.6. The number of amides is 1. The van der Waals surface area contributed by atoms with E-state index < -0.39 is 61.2 Å². The zero-order valence-corrected chi connectivity index (χ0v) is 15.7. The van der Waals surface area contributed by atoms with E-state index in [-0.39, 0.29) is 0 Å². The van der Waals surface area contributed by atoms with Crippen molar-refractivity contribution >= 4 is 33.2 Å². The number of carbonyl (C=O) groups excluding carboxylic acids is 1. The van der Waals surface area contributed by atoms with Crippen LogP contribution in [0.15, 0.2) is 23.4 Å². The molecule has 0 saturated carbocycles. The van der Waals surface area contributed by atoms with E-state index >= 15 is 0 Å². The number of nitrogens with one attached hydrogen (secondary N) is 2. The predicted octanol–water partition coefficient (Wildman–Crippen LogP) is 2.83. The predicted molar refractivity (Wildman–Crippen MR) is 88.4 cm³/mol. The average Bonchev–Trinajstić information content (AvgIpc) is 2.86. The van der Waals surface area contributed by atoms with E-state index in [1.54, 1.807) is 0 Å². The number of hydrogen-bond acceptors (Lipinski definition) is 4. The Morgan fingerprint density at radius 3 is 2.50 bits per heavy atom. The zero-order valence-electron chi connectivity index (χ0n) is 14.1. The molecule has 0 aliphatic rings. The molecule has 0 radical (unpaired) electrons. The quantitative estimate of drug-likeness (QED) is 0.545. The van der Waals surface area contributed by atoms with Crippen LogP contribution in [0.5, 0.6) is 0 Å². The highest BCUT2D eigenvalue weighted by molar-refractivity contribution is 7.89. The minimum absolute atomic E-state index is 0.502. The number of aryl methyl sites for hydroxylation is 1. The molecule has 0 fully saturated rings. The number of sulfonamides is 1. The molecule has 0 aliphatic carbocycles. The summed E-state index contributed by atoms with van der Waals surface area (Å²) in [5.41, 5.74) is -1.10. The Labute approximate surface area is 160 Å². The fraction of sp³-hybridized carbons (Fsp3) is 0.286. The summed E-state index contributed by atoms with van der Waals surface area (Å²) in [6, 6.07) is -1.47. The van der Waals surface area contributed by atoms with Crippen LogP contribution in [-0.2, 0) is 17.1 Å². The maximum atomic E-state index is 13.6. The van der Waals surface area contributed by atoms with E-state index in [0.717, 1.165) is 23.0 Å². The Morgan fingerprint density at radius 1 is 1.32 bits per heavy atom. The summed E-state index contributed by atoms with van der Waals surface area (Å²) in [5.74, 6) is -4.07. The standard InChI is InChI=1S/C14H12ClF5N4O3S/c1-6(14(18,19)20)23-28(26,27)8-5-24(2)11(9(8)15)13(25)22-7-3-4-21-12(17)10(7)16/h3-6,23H,1-2H3,(H,21,22,25)/t6-/m1/s1. The number of alkyl halides is 3. The summed E-state index contributed by atoms with van der Waals surface area (Å²) < 4.78 is 91.3. The van der Waals surface area contributed by atoms with Gasteiger partial charge in [0.2, 0.25) is 15.8 Å². The van der Waals surface area contributed by atoms with Crippen LogP contribution >= 0.6 is 11.6 Å². The molecule has 0 unspecified atom stereocenters. The Morgan fingerprint density at radius 2 is 1.93 bits per heavy atom. The van der Waals surface area contributed by atoms with Crippen molar-refractivity contribution < 1.29 is 35.2 Å². The van der Waals surface area contributed by atoms with Crippen molar-refractivity contribution in [3.8, 4) is 0 Å². The van der Waals surface area contributed by atoms with Crippen molar-refractivity contribution in [3.63, 3.8) is 0 Å². The van der Waals surface area contributed by atoms with Crippen molar-refractivity contribution in [3.05, 3.63) is 40.9 Å². The molecular weight excluding hydrogens is 435 g/mol. The number of carbonyl (C=O) groups is 1. The lowest BCUT2D eigenvalue weighted by Gasteiger charge is -2.16. The van der Waals surface area contributed by atoms with Gasteiger partial charge in [-0.2, -0.15) is 26.7 Å². The number of rotatable bonds is 5. The van der Waals surface area contributed by atoms with Gasteiger partial charge in [-0.1, -0.05) is 11.6 Å². The molecular formula is C14H12ClF5N4O3S. The first-order valence-corrected chi connectivity index (χ1v) is 9.17. The third kappa shape index (κ3) is 4.42. The molecule has 14 heteroatoms. The highest BCUT2D eigenvalue weighted by Gasteiger charge is 2.40. The number of pyridine rings is 1. The molecule has 0 bridgehead atoms.